The van der Waals surface area contributed by atoms with Crippen LogP contribution in [0, 0.1) is 0 Å². The van der Waals surface area contributed by atoms with Crippen LogP contribution in [0.4, 0.5) is 0 Å². The topological polar surface area (TPSA) is 75.1 Å². The van der Waals surface area contributed by atoms with E-state index in [4.69, 9.17) is 23.2 Å². The van der Waals surface area contributed by atoms with Crippen molar-refractivity contribution < 1.29 is 9.90 Å². The fraction of sp³-hybridized carbons (Fsp3) is 0.250. The van der Waals surface area contributed by atoms with Crippen molar-refractivity contribution in [3.63, 3.8) is 0 Å². The van der Waals surface area contributed by atoms with Gasteiger partial charge in [0.1, 0.15) is 10.6 Å². The van der Waals surface area contributed by atoms with Gasteiger partial charge in [0.2, 0.25) is 0 Å². The van der Waals surface area contributed by atoms with Gasteiger partial charge in [-0.1, -0.05) is 34.6 Å². The summed E-state index contributed by atoms with van der Waals surface area (Å²) < 4.78 is 3.75. The third-order valence-electron chi connectivity index (χ3n) is 2.64. The Morgan fingerprint density at radius 2 is 2.20 bits per heavy atom. The van der Waals surface area contributed by atoms with E-state index in [0.29, 0.717) is 27.6 Å². The second kappa shape index (κ2) is 6.39. The molecule has 0 aliphatic carbocycles. The van der Waals surface area contributed by atoms with Gasteiger partial charge < -0.3 is 10.4 Å². The van der Waals surface area contributed by atoms with Crippen LogP contribution in [0.2, 0.25) is 10.0 Å². The SMILES string of the molecule is CCc1nnsc1C(=O)NCc1cc(Cl)cc(Cl)c1O. The minimum Gasteiger partial charge on any atom is -0.506 e. The molecule has 0 atom stereocenters. The highest BCUT2D eigenvalue weighted by molar-refractivity contribution is 7.08. The molecule has 106 valence electrons. The van der Waals surface area contributed by atoms with Crippen LogP contribution in [-0.2, 0) is 13.0 Å². The number of benzene rings is 1. The van der Waals surface area contributed by atoms with Crippen LogP contribution in [0.15, 0.2) is 12.1 Å². The maximum absolute atomic E-state index is 12.0. The highest BCUT2D eigenvalue weighted by Gasteiger charge is 2.16. The molecule has 8 heteroatoms. The van der Waals surface area contributed by atoms with Gasteiger partial charge in [-0.05, 0) is 30.1 Å². The van der Waals surface area contributed by atoms with Crippen molar-refractivity contribution >= 4 is 40.6 Å². The van der Waals surface area contributed by atoms with Gasteiger partial charge in [-0.3, -0.25) is 4.79 Å². The second-order valence-corrected chi connectivity index (χ2v) is 5.58. The molecule has 0 saturated carbocycles. The highest BCUT2D eigenvalue weighted by Crippen LogP contribution is 2.31. The van der Waals surface area contributed by atoms with E-state index in [9.17, 15) is 9.90 Å². The van der Waals surface area contributed by atoms with Crippen molar-refractivity contribution in [2.24, 2.45) is 0 Å². The van der Waals surface area contributed by atoms with Crippen molar-refractivity contribution in [2.45, 2.75) is 19.9 Å². The van der Waals surface area contributed by atoms with Crippen molar-refractivity contribution in [3.8, 4) is 5.75 Å². The van der Waals surface area contributed by atoms with Gasteiger partial charge in [-0.15, -0.1) is 5.10 Å². The number of nitrogens with zero attached hydrogens (tertiary/aromatic N) is 2. The standard InChI is InChI=1S/C12H11Cl2N3O2S/c1-2-9-11(20-17-16-9)12(19)15-5-6-3-7(13)4-8(14)10(6)18/h3-4,18H,2,5H2,1H3,(H,15,19). The van der Waals surface area contributed by atoms with Crippen LogP contribution in [-0.4, -0.2) is 20.6 Å². The summed E-state index contributed by atoms with van der Waals surface area (Å²) >= 11 is 12.7. The number of hydrogen-bond acceptors (Lipinski definition) is 5. The first-order valence-corrected chi connectivity index (χ1v) is 7.32. The summed E-state index contributed by atoms with van der Waals surface area (Å²) in [5.41, 5.74) is 1.10. The van der Waals surface area contributed by atoms with E-state index in [1.165, 1.54) is 6.07 Å². The number of amides is 1. The molecular weight excluding hydrogens is 321 g/mol. The maximum Gasteiger partial charge on any atom is 0.265 e. The monoisotopic (exact) mass is 331 g/mol. The van der Waals surface area contributed by atoms with Gasteiger partial charge in [-0.25, -0.2) is 0 Å². The van der Waals surface area contributed by atoms with Gasteiger partial charge in [0.25, 0.3) is 5.91 Å². The number of aromatic hydroxyl groups is 1. The molecule has 0 spiro atoms. The van der Waals surface area contributed by atoms with Gasteiger partial charge in [-0.2, -0.15) is 0 Å². The molecule has 1 amide bonds. The lowest BCUT2D eigenvalue weighted by atomic mass is 10.2. The summed E-state index contributed by atoms with van der Waals surface area (Å²) in [6.07, 6.45) is 0.632. The fourth-order valence-electron chi connectivity index (χ4n) is 1.62. The number of phenolic OH excluding ortho intramolecular Hbond substituents is 1. The lowest BCUT2D eigenvalue weighted by Crippen LogP contribution is -2.23. The Morgan fingerprint density at radius 3 is 2.90 bits per heavy atom. The average molecular weight is 332 g/mol. The quantitative estimate of drug-likeness (QED) is 0.902. The van der Waals surface area contributed by atoms with E-state index >= 15 is 0 Å². The maximum atomic E-state index is 12.0. The highest BCUT2D eigenvalue weighted by atomic mass is 35.5. The van der Waals surface area contributed by atoms with E-state index in [0.717, 1.165) is 11.5 Å². The number of nitrogens with one attached hydrogen (secondary N) is 1. The molecule has 1 aromatic heterocycles. The molecule has 2 rings (SSSR count). The van der Waals surface area contributed by atoms with Crippen molar-refractivity contribution in [1.29, 1.82) is 0 Å². The molecule has 0 unspecified atom stereocenters. The third kappa shape index (κ3) is 3.20. The Hall–Kier alpha value is -1.37. The molecule has 0 aliphatic rings. The Morgan fingerprint density at radius 1 is 1.45 bits per heavy atom. The number of aryl methyl sites for hydroxylation is 1. The van der Waals surface area contributed by atoms with Gasteiger partial charge >= 0.3 is 0 Å². The number of rotatable bonds is 4. The molecule has 0 radical (unpaired) electrons. The Kier molecular flexibility index (Phi) is 4.80. The largest absolute Gasteiger partial charge is 0.506 e. The Bertz CT molecular complexity index is 646. The van der Waals surface area contributed by atoms with Crippen LogP contribution in [0.25, 0.3) is 0 Å². The molecule has 2 N–H and O–H groups in total. The lowest BCUT2D eigenvalue weighted by Gasteiger charge is -2.08. The molecule has 20 heavy (non-hydrogen) atoms. The minimum atomic E-state index is -0.285. The van der Waals surface area contributed by atoms with Crippen molar-refractivity contribution in [1.82, 2.24) is 14.9 Å². The zero-order valence-corrected chi connectivity index (χ0v) is 12.8. The minimum absolute atomic E-state index is 0.0884. The normalized spacial score (nSPS) is 10.6. The molecular formula is C12H11Cl2N3O2S. The van der Waals surface area contributed by atoms with E-state index in [1.807, 2.05) is 6.92 Å². The summed E-state index contributed by atoms with van der Waals surface area (Å²) in [4.78, 5) is 12.5. The summed E-state index contributed by atoms with van der Waals surface area (Å²) in [5, 5.41) is 16.9. The van der Waals surface area contributed by atoms with Crippen LogP contribution in [0.1, 0.15) is 27.9 Å². The number of phenols is 1. The molecule has 2 aromatic rings. The van der Waals surface area contributed by atoms with Crippen molar-refractivity contribution in [2.75, 3.05) is 0 Å². The summed E-state index contributed by atoms with van der Waals surface area (Å²) in [7, 11) is 0. The Labute approximate surface area is 129 Å². The zero-order valence-electron chi connectivity index (χ0n) is 10.5. The van der Waals surface area contributed by atoms with Crippen molar-refractivity contribution in [3.05, 3.63) is 38.3 Å². The Balaban J connectivity index is 2.11. The molecule has 0 fully saturated rings. The third-order valence-corrected chi connectivity index (χ3v) is 3.92. The molecule has 0 saturated heterocycles. The van der Waals surface area contributed by atoms with Gasteiger partial charge in [0.15, 0.2) is 0 Å². The van der Waals surface area contributed by atoms with E-state index in [1.54, 1.807) is 6.07 Å². The average Bonchev–Trinajstić information content (AvgIpc) is 2.89. The number of aromatic nitrogens is 2. The second-order valence-electron chi connectivity index (χ2n) is 3.98. The molecule has 0 aliphatic heterocycles. The lowest BCUT2D eigenvalue weighted by molar-refractivity contribution is 0.0953. The smallest absolute Gasteiger partial charge is 0.265 e. The molecule has 1 heterocycles. The molecule has 1 aromatic carbocycles. The summed E-state index contributed by atoms with van der Waals surface area (Å²) in [5.74, 6) is -0.373. The van der Waals surface area contributed by atoms with Crippen LogP contribution >= 0.6 is 34.7 Å². The number of carbonyl (C=O) groups excluding carboxylic acids is 1. The van der Waals surface area contributed by atoms with E-state index in [-0.39, 0.29) is 23.2 Å². The predicted octanol–water partition coefficient (Wildman–Crippen LogP) is 3.04. The first-order chi connectivity index (χ1) is 9.52. The van der Waals surface area contributed by atoms with Crippen LogP contribution in [0.5, 0.6) is 5.75 Å². The van der Waals surface area contributed by atoms with Gasteiger partial charge in [0.05, 0.1) is 10.7 Å². The first kappa shape index (κ1) is 15.0. The summed E-state index contributed by atoms with van der Waals surface area (Å²) in [6, 6.07) is 2.99. The number of carbonyl (C=O) groups is 1. The number of hydrogen-bond donors (Lipinski definition) is 2. The first-order valence-electron chi connectivity index (χ1n) is 5.79. The van der Waals surface area contributed by atoms with Gasteiger partial charge in [0, 0.05) is 17.1 Å². The number of halogens is 2. The molecule has 0 bridgehead atoms. The zero-order chi connectivity index (χ0) is 14.7. The molecule has 5 nitrogen and oxygen atoms in total. The fourth-order valence-corrected chi connectivity index (χ4v) is 2.82. The van der Waals surface area contributed by atoms with E-state index in [2.05, 4.69) is 14.9 Å². The summed E-state index contributed by atoms with van der Waals surface area (Å²) in [6.45, 7) is 2.02. The van der Waals surface area contributed by atoms with Crippen LogP contribution < -0.4 is 5.32 Å². The predicted molar refractivity (Wildman–Crippen MR) is 78.6 cm³/mol. The van der Waals surface area contributed by atoms with Crippen LogP contribution in [0.3, 0.4) is 0 Å². The van der Waals surface area contributed by atoms with E-state index < -0.39 is 0 Å².